The van der Waals surface area contributed by atoms with E-state index in [1.54, 1.807) is 29.8 Å². The van der Waals surface area contributed by atoms with Crippen molar-refractivity contribution in [2.24, 2.45) is 0 Å². The van der Waals surface area contributed by atoms with Crippen LogP contribution in [0.25, 0.3) is 22.0 Å². The summed E-state index contributed by atoms with van der Waals surface area (Å²) in [6.07, 6.45) is 0. The van der Waals surface area contributed by atoms with Crippen LogP contribution in [0.5, 0.6) is 5.75 Å². The topological polar surface area (TPSA) is 27.1 Å². The third-order valence-corrected chi connectivity index (χ3v) is 5.95. The molecule has 3 heterocycles. The molecular formula is C20H18N2OS2. The van der Waals surface area contributed by atoms with Gasteiger partial charge in [0.15, 0.2) is 0 Å². The molecule has 0 amide bonds. The van der Waals surface area contributed by atoms with Gasteiger partial charge in [-0.15, -0.1) is 22.7 Å². The molecule has 1 aromatic carbocycles. The summed E-state index contributed by atoms with van der Waals surface area (Å²) < 4.78 is 7.56. The Bertz CT molecular complexity index is 966. The first kappa shape index (κ1) is 16.1. The first-order valence-corrected chi connectivity index (χ1v) is 9.79. The van der Waals surface area contributed by atoms with Crippen molar-refractivity contribution in [3.8, 4) is 27.7 Å². The van der Waals surface area contributed by atoms with E-state index in [0.29, 0.717) is 0 Å². The number of aryl methyl sites for hydroxylation is 1. The fourth-order valence-corrected chi connectivity index (χ4v) is 4.33. The summed E-state index contributed by atoms with van der Waals surface area (Å²) >= 11 is 3.46. The molecule has 4 aromatic rings. The Labute approximate surface area is 155 Å². The van der Waals surface area contributed by atoms with Gasteiger partial charge in [-0.25, -0.2) is 4.98 Å². The summed E-state index contributed by atoms with van der Waals surface area (Å²) in [6, 6.07) is 16.7. The number of hydrogen-bond acceptors (Lipinski definition) is 4. The van der Waals surface area contributed by atoms with Crippen molar-refractivity contribution in [3.63, 3.8) is 0 Å². The Morgan fingerprint density at radius 3 is 2.60 bits per heavy atom. The maximum atomic E-state index is 5.23. The summed E-state index contributed by atoms with van der Waals surface area (Å²) in [5, 5.41) is 5.29. The van der Waals surface area contributed by atoms with Crippen LogP contribution in [0.3, 0.4) is 0 Å². The molecule has 0 unspecified atom stereocenters. The highest BCUT2D eigenvalue weighted by Gasteiger charge is 2.13. The van der Waals surface area contributed by atoms with E-state index < -0.39 is 0 Å². The van der Waals surface area contributed by atoms with Gasteiger partial charge in [-0.3, -0.25) is 0 Å². The monoisotopic (exact) mass is 366 g/mol. The number of nitrogens with zero attached hydrogens (tertiary/aromatic N) is 2. The molecule has 0 fully saturated rings. The fraction of sp³-hybridized carbons (Fsp3) is 0.150. The number of methoxy groups -OCH3 is 1. The van der Waals surface area contributed by atoms with E-state index in [1.807, 2.05) is 12.1 Å². The molecule has 4 rings (SSSR count). The van der Waals surface area contributed by atoms with Crippen LogP contribution in [0.15, 0.2) is 59.3 Å². The smallest absolute Gasteiger partial charge is 0.124 e. The summed E-state index contributed by atoms with van der Waals surface area (Å²) in [7, 11) is 1.68. The van der Waals surface area contributed by atoms with E-state index in [-0.39, 0.29) is 0 Å². The third-order valence-electron chi connectivity index (χ3n) is 4.20. The lowest BCUT2D eigenvalue weighted by Gasteiger charge is -2.09. The second-order valence-corrected chi connectivity index (χ2v) is 7.68. The Morgan fingerprint density at radius 2 is 1.88 bits per heavy atom. The fourth-order valence-electron chi connectivity index (χ4n) is 2.82. The molecule has 0 aliphatic rings. The van der Waals surface area contributed by atoms with Crippen LogP contribution in [0, 0.1) is 6.92 Å². The molecular weight excluding hydrogens is 348 g/mol. The Morgan fingerprint density at radius 1 is 1.04 bits per heavy atom. The molecule has 0 aliphatic heterocycles. The van der Waals surface area contributed by atoms with Gasteiger partial charge in [0, 0.05) is 21.5 Å². The minimum Gasteiger partial charge on any atom is -0.497 e. The number of thiazole rings is 1. The largest absolute Gasteiger partial charge is 0.497 e. The highest BCUT2D eigenvalue weighted by atomic mass is 32.1. The van der Waals surface area contributed by atoms with E-state index in [0.717, 1.165) is 28.6 Å². The first-order valence-electron chi connectivity index (χ1n) is 8.03. The first-order chi connectivity index (χ1) is 12.2. The van der Waals surface area contributed by atoms with Gasteiger partial charge < -0.3 is 9.30 Å². The van der Waals surface area contributed by atoms with Crippen molar-refractivity contribution in [2.45, 2.75) is 13.5 Å². The summed E-state index contributed by atoms with van der Waals surface area (Å²) in [5.74, 6) is 0.862. The summed E-state index contributed by atoms with van der Waals surface area (Å²) in [5.41, 5.74) is 4.56. The van der Waals surface area contributed by atoms with Gasteiger partial charge in [0.05, 0.1) is 25.0 Å². The highest BCUT2D eigenvalue weighted by Crippen LogP contribution is 2.31. The van der Waals surface area contributed by atoms with Crippen LogP contribution in [0.2, 0.25) is 0 Å². The quantitative estimate of drug-likeness (QED) is 0.453. The maximum absolute atomic E-state index is 5.23. The molecule has 126 valence electrons. The van der Waals surface area contributed by atoms with Gasteiger partial charge in [-0.1, -0.05) is 6.07 Å². The van der Waals surface area contributed by atoms with Crippen molar-refractivity contribution in [1.82, 2.24) is 9.55 Å². The Hall–Kier alpha value is -2.37. The molecule has 3 aromatic heterocycles. The van der Waals surface area contributed by atoms with Gasteiger partial charge in [-0.2, -0.15) is 0 Å². The molecule has 0 atom stereocenters. The zero-order chi connectivity index (χ0) is 17.2. The van der Waals surface area contributed by atoms with Crippen LogP contribution in [0.4, 0.5) is 0 Å². The normalized spacial score (nSPS) is 11.0. The lowest BCUT2D eigenvalue weighted by molar-refractivity contribution is 0.415. The molecule has 3 nitrogen and oxygen atoms in total. The minimum atomic E-state index is 0.862. The van der Waals surface area contributed by atoms with Crippen molar-refractivity contribution in [1.29, 1.82) is 0 Å². The van der Waals surface area contributed by atoms with E-state index in [2.05, 4.69) is 58.6 Å². The lowest BCUT2D eigenvalue weighted by Crippen LogP contribution is -2.02. The van der Waals surface area contributed by atoms with E-state index in [9.17, 15) is 0 Å². The predicted molar refractivity (Wildman–Crippen MR) is 106 cm³/mol. The molecule has 25 heavy (non-hydrogen) atoms. The molecule has 0 radical (unpaired) electrons. The second-order valence-electron chi connectivity index (χ2n) is 5.79. The Balaban J connectivity index is 1.66. The van der Waals surface area contributed by atoms with E-state index in [1.165, 1.54) is 16.3 Å². The molecule has 0 spiro atoms. The molecule has 0 aliphatic carbocycles. The third kappa shape index (κ3) is 3.25. The number of rotatable bonds is 5. The van der Waals surface area contributed by atoms with Gasteiger partial charge in [0.25, 0.3) is 0 Å². The van der Waals surface area contributed by atoms with Crippen molar-refractivity contribution in [3.05, 3.63) is 69.9 Å². The molecule has 5 heteroatoms. The van der Waals surface area contributed by atoms with Crippen molar-refractivity contribution >= 4 is 22.7 Å². The van der Waals surface area contributed by atoms with Crippen LogP contribution in [-0.4, -0.2) is 16.7 Å². The zero-order valence-corrected chi connectivity index (χ0v) is 15.7. The highest BCUT2D eigenvalue weighted by molar-refractivity contribution is 7.13. The number of benzene rings is 1. The molecule has 0 saturated carbocycles. The predicted octanol–water partition coefficient (Wildman–Crippen LogP) is 5.71. The Kier molecular flexibility index (Phi) is 4.42. The lowest BCUT2D eigenvalue weighted by atomic mass is 10.2. The van der Waals surface area contributed by atoms with Gasteiger partial charge in [0.2, 0.25) is 0 Å². The van der Waals surface area contributed by atoms with E-state index in [4.69, 9.17) is 9.72 Å². The SMILES string of the molecule is COc1ccc(-c2nc(-c3ccc(C)n3Cc3cccs3)cs2)cc1. The van der Waals surface area contributed by atoms with Gasteiger partial charge in [0.1, 0.15) is 10.8 Å². The molecule has 0 saturated heterocycles. The number of aromatic nitrogens is 2. The minimum absolute atomic E-state index is 0.862. The van der Waals surface area contributed by atoms with Crippen LogP contribution >= 0.6 is 22.7 Å². The average Bonchev–Trinajstić information content (AvgIpc) is 3.38. The van der Waals surface area contributed by atoms with Crippen LogP contribution in [-0.2, 0) is 6.54 Å². The van der Waals surface area contributed by atoms with Gasteiger partial charge >= 0.3 is 0 Å². The second kappa shape index (κ2) is 6.86. The van der Waals surface area contributed by atoms with Crippen LogP contribution in [0.1, 0.15) is 10.6 Å². The van der Waals surface area contributed by atoms with Crippen molar-refractivity contribution in [2.75, 3.05) is 7.11 Å². The summed E-state index contributed by atoms with van der Waals surface area (Å²) in [6.45, 7) is 3.04. The number of ether oxygens (including phenoxy) is 1. The van der Waals surface area contributed by atoms with Crippen LogP contribution < -0.4 is 4.74 Å². The molecule has 0 bridgehead atoms. The van der Waals surface area contributed by atoms with Crippen molar-refractivity contribution < 1.29 is 4.74 Å². The number of thiophene rings is 1. The zero-order valence-electron chi connectivity index (χ0n) is 14.1. The standard InChI is InChI=1S/C20H18N2OS2/c1-14-5-10-19(22(14)12-17-4-3-11-24-17)18-13-25-20(21-18)15-6-8-16(23-2)9-7-15/h3-11,13H,12H2,1-2H3. The van der Waals surface area contributed by atoms with Gasteiger partial charge in [-0.05, 0) is 54.8 Å². The molecule has 0 N–H and O–H groups in total. The maximum Gasteiger partial charge on any atom is 0.124 e. The number of hydrogen-bond donors (Lipinski definition) is 0. The summed E-state index contributed by atoms with van der Waals surface area (Å²) in [4.78, 5) is 6.22. The van der Waals surface area contributed by atoms with E-state index >= 15 is 0 Å². The average molecular weight is 367 g/mol.